The maximum Gasteiger partial charge on any atom is 0.338 e. The molecule has 7 nitrogen and oxygen atoms in total. The first kappa shape index (κ1) is 25.9. The Morgan fingerprint density at radius 1 is 1.17 bits per heavy atom. The fraction of sp³-hybridized carbons (Fsp3) is 0.296. The van der Waals surface area contributed by atoms with E-state index in [-0.39, 0.29) is 18.8 Å². The van der Waals surface area contributed by atoms with Crippen LogP contribution in [0.3, 0.4) is 0 Å². The van der Waals surface area contributed by atoms with Crippen molar-refractivity contribution in [2.45, 2.75) is 26.3 Å². The molecule has 1 unspecified atom stereocenters. The maximum atomic E-state index is 13.7. The molecule has 2 heterocycles. The smallest absolute Gasteiger partial charge is 0.338 e. The van der Waals surface area contributed by atoms with Crippen molar-refractivity contribution >= 4 is 35.0 Å². The van der Waals surface area contributed by atoms with E-state index in [4.69, 9.17) is 25.8 Å². The van der Waals surface area contributed by atoms with Crippen molar-refractivity contribution in [1.82, 2.24) is 4.57 Å². The molecule has 9 heteroatoms. The minimum Gasteiger partial charge on any atom is -0.494 e. The van der Waals surface area contributed by atoms with E-state index in [2.05, 4.69) is 4.99 Å². The summed E-state index contributed by atoms with van der Waals surface area (Å²) < 4.78 is 18.2. The summed E-state index contributed by atoms with van der Waals surface area (Å²) in [6.07, 6.45) is 2.72. The first-order valence-electron chi connectivity index (χ1n) is 11.6. The standard InChI is InChI=1S/C27H27ClN2O5S/c1-4-12-34-21-7-5-6-18(15-21)16-22-25(31)30-24(19-8-10-20(28)11-9-19)23(17(2)29-27(30)36-22)26(32)35-14-13-33-3/h5-11,15-16,24H,4,12-14H2,1-3H3. The molecule has 0 amide bonds. The third kappa shape index (κ3) is 5.61. The predicted octanol–water partition coefficient (Wildman–Crippen LogP) is 3.87. The number of allylic oxidation sites excluding steroid dienone is 1. The van der Waals surface area contributed by atoms with Crippen molar-refractivity contribution in [2.24, 2.45) is 4.99 Å². The van der Waals surface area contributed by atoms with Crippen LogP contribution in [-0.4, -0.2) is 37.5 Å². The van der Waals surface area contributed by atoms with Crippen molar-refractivity contribution in [3.8, 4) is 5.75 Å². The molecular formula is C27H27ClN2O5S. The fourth-order valence-corrected chi connectivity index (χ4v) is 5.08. The highest BCUT2D eigenvalue weighted by atomic mass is 35.5. The van der Waals surface area contributed by atoms with Crippen molar-refractivity contribution in [2.75, 3.05) is 26.9 Å². The lowest BCUT2D eigenvalue weighted by molar-refractivity contribution is -0.140. The van der Waals surface area contributed by atoms with E-state index >= 15 is 0 Å². The summed E-state index contributed by atoms with van der Waals surface area (Å²) in [7, 11) is 1.53. The normalized spacial score (nSPS) is 15.4. The number of carbonyl (C=O) groups is 1. The van der Waals surface area contributed by atoms with Gasteiger partial charge in [-0.15, -0.1) is 0 Å². The second kappa shape index (κ2) is 11.7. The SMILES string of the molecule is CCCOc1cccc(C=c2sc3n(c2=O)C(c2ccc(Cl)cc2)C(C(=O)OCCOC)=C(C)N=3)c1. The number of ether oxygens (including phenoxy) is 3. The minimum absolute atomic E-state index is 0.0975. The molecule has 1 aromatic heterocycles. The topological polar surface area (TPSA) is 79.1 Å². The van der Waals surface area contributed by atoms with Crippen LogP contribution in [0, 0.1) is 0 Å². The van der Waals surface area contributed by atoms with Gasteiger partial charge < -0.3 is 14.2 Å². The van der Waals surface area contributed by atoms with Gasteiger partial charge in [0.15, 0.2) is 4.80 Å². The molecule has 0 bridgehead atoms. The highest BCUT2D eigenvalue weighted by Gasteiger charge is 2.33. The van der Waals surface area contributed by atoms with Gasteiger partial charge >= 0.3 is 5.97 Å². The zero-order valence-corrected chi connectivity index (χ0v) is 21.9. The number of hydrogen-bond donors (Lipinski definition) is 0. The number of methoxy groups -OCH3 is 1. The Hall–Kier alpha value is -3.20. The molecule has 3 aromatic rings. The summed E-state index contributed by atoms with van der Waals surface area (Å²) in [6.45, 7) is 4.78. The van der Waals surface area contributed by atoms with E-state index in [0.717, 1.165) is 23.3 Å². The molecule has 0 spiro atoms. The lowest BCUT2D eigenvalue weighted by atomic mass is 9.96. The number of aromatic nitrogens is 1. The minimum atomic E-state index is -0.699. The average Bonchev–Trinajstić information content (AvgIpc) is 3.17. The van der Waals surface area contributed by atoms with Gasteiger partial charge in [-0.05, 0) is 54.8 Å². The summed E-state index contributed by atoms with van der Waals surface area (Å²) in [5.41, 5.74) is 2.14. The highest BCUT2D eigenvalue weighted by molar-refractivity contribution is 7.07. The van der Waals surface area contributed by atoms with E-state index < -0.39 is 12.0 Å². The summed E-state index contributed by atoms with van der Waals surface area (Å²) in [4.78, 5) is 31.9. The lowest BCUT2D eigenvalue weighted by Gasteiger charge is -2.24. The van der Waals surface area contributed by atoms with Gasteiger partial charge in [0, 0.05) is 12.1 Å². The van der Waals surface area contributed by atoms with E-state index in [0.29, 0.717) is 32.2 Å². The molecule has 1 aliphatic rings. The molecule has 0 saturated heterocycles. The largest absolute Gasteiger partial charge is 0.494 e. The Bertz CT molecular complexity index is 1460. The van der Waals surface area contributed by atoms with Gasteiger partial charge in [-0.1, -0.05) is 54.1 Å². The number of benzene rings is 2. The van der Waals surface area contributed by atoms with Crippen molar-refractivity contribution < 1.29 is 19.0 Å². The second-order valence-electron chi connectivity index (χ2n) is 8.18. The van der Waals surface area contributed by atoms with Gasteiger partial charge in [-0.2, -0.15) is 0 Å². The molecule has 0 aliphatic carbocycles. The van der Waals surface area contributed by atoms with Crippen LogP contribution in [0.4, 0.5) is 0 Å². The second-order valence-corrected chi connectivity index (χ2v) is 9.63. The van der Waals surface area contributed by atoms with Gasteiger partial charge in [-0.3, -0.25) is 9.36 Å². The van der Waals surface area contributed by atoms with Gasteiger partial charge in [0.25, 0.3) is 5.56 Å². The molecule has 1 aliphatic heterocycles. The molecule has 0 N–H and O–H groups in total. The number of halogens is 1. The summed E-state index contributed by atoms with van der Waals surface area (Å²) in [5.74, 6) is 0.206. The molecule has 0 saturated carbocycles. The molecule has 2 aromatic carbocycles. The van der Waals surface area contributed by atoms with Crippen LogP contribution in [0.15, 0.2) is 69.6 Å². The molecular weight excluding hydrogens is 500 g/mol. The molecule has 0 fully saturated rings. The number of hydrogen-bond acceptors (Lipinski definition) is 7. The summed E-state index contributed by atoms with van der Waals surface area (Å²) >= 11 is 7.39. The van der Waals surface area contributed by atoms with Crippen LogP contribution in [0.1, 0.15) is 37.4 Å². The molecule has 0 radical (unpaired) electrons. The Balaban J connectivity index is 1.83. The Kier molecular flexibility index (Phi) is 8.40. The Morgan fingerprint density at radius 2 is 1.94 bits per heavy atom. The van der Waals surface area contributed by atoms with Crippen LogP contribution < -0.4 is 19.6 Å². The monoisotopic (exact) mass is 526 g/mol. The van der Waals surface area contributed by atoms with E-state index in [1.165, 1.54) is 18.4 Å². The number of esters is 1. The number of fused-ring (bicyclic) bond motifs is 1. The first-order valence-corrected chi connectivity index (χ1v) is 12.8. The summed E-state index contributed by atoms with van der Waals surface area (Å²) in [6, 6.07) is 14.0. The van der Waals surface area contributed by atoms with Crippen molar-refractivity contribution in [3.63, 3.8) is 0 Å². The van der Waals surface area contributed by atoms with Gasteiger partial charge in [0.1, 0.15) is 12.4 Å². The molecule has 4 rings (SSSR count). The molecule has 1 atom stereocenters. The van der Waals surface area contributed by atoms with Gasteiger partial charge in [-0.25, -0.2) is 9.79 Å². The quantitative estimate of drug-likeness (QED) is 0.312. The van der Waals surface area contributed by atoms with E-state index in [1.807, 2.05) is 37.3 Å². The maximum absolute atomic E-state index is 13.7. The number of nitrogens with zero attached hydrogens (tertiary/aromatic N) is 2. The third-order valence-electron chi connectivity index (χ3n) is 5.58. The van der Waals surface area contributed by atoms with Gasteiger partial charge in [0.2, 0.25) is 0 Å². The number of rotatable bonds is 9. The third-order valence-corrected chi connectivity index (χ3v) is 6.81. The van der Waals surface area contributed by atoms with Crippen LogP contribution in [0.2, 0.25) is 5.02 Å². The Morgan fingerprint density at radius 3 is 2.67 bits per heavy atom. The predicted molar refractivity (Wildman–Crippen MR) is 140 cm³/mol. The van der Waals surface area contributed by atoms with Crippen LogP contribution in [-0.2, 0) is 14.3 Å². The van der Waals surface area contributed by atoms with Crippen LogP contribution >= 0.6 is 22.9 Å². The zero-order chi connectivity index (χ0) is 25.7. The average molecular weight is 527 g/mol. The molecule has 36 heavy (non-hydrogen) atoms. The fourth-order valence-electron chi connectivity index (χ4n) is 3.90. The van der Waals surface area contributed by atoms with Crippen LogP contribution in [0.5, 0.6) is 5.75 Å². The summed E-state index contributed by atoms with van der Waals surface area (Å²) in [5, 5.41) is 0.557. The Labute approximate surface area is 217 Å². The van der Waals surface area contributed by atoms with Gasteiger partial charge in [0.05, 0.1) is 35.1 Å². The molecule has 188 valence electrons. The lowest BCUT2D eigenvalue weighted by Crippen LogP contribution is -2.40. The van der Waals surface area contributed by atoms with E-state index in [9.17, 15) is 9.59 Å². The number of carbonyl (C=O) groups excluding carboxylic acids is 1. The van der Waals surface area contributed by atoms with Crippen molar-refractivity contribution in [3.05, 3.63) is 95.6 Å². The van der Waals surface area contributed by atoms with Crippen molar-refractivity contribution in [1.29, 1.82) is 0 Å². The van der Waals surface area contributed by atoms with Crippen LogP contribution in [0.25, 0.3) is 6.08 Å². The zero-order valence-electron chi connectivity index (χ0n) is 20.3. The highest BCUT2D eigenvalue weighted by Crippen LogP contribution is 2.31. The first-order chi connectivity index (χ1) is 17.4. The van der Waals surface area contributed by atoms with E-state index in [1.54, 1.807) is 35.8 Å². The number of thiazole rings is 1.